The average Bonchev–Trinajstić information content (AvgIpc) is 2.26. The molecule has 1 rings (SSSR count). The number of carboxylic acids is 1. The normalized spacial score (nSPS) is 11.6. The lowest BCUT2D eigenvalue weighted by Gasteiger charge is -2.04. The van der Waals surface area contributed by atoms with Crippen molar-refractivity contribution in [2.24, 2.45) is 5.92 Å². The fraction of sp³-hybridized carbons (Fsp3) is 0.231. The molecule has 0 unspecified atom stereocenters. The van der Waals surface area contributed by atoms with Gasteiger partial charge in [0.1, 0.15) is 11.4 Å². The molecule has 17 heavy (non-hydrogen) atoms. The van der Waals surface area contributed by atoms with E-state index in [0.717, 1.165) is 0 Å². The van der Waals surface area contributed by atoms with Gasteiger partial charge >= 0.3 is 5.97 Å². The van der Waals surface area contributed by atoms with Crippen LogP contribution in [-0.2, 0) is 9.59 Å². The van der Waals surface area contributed by atoms with Crippen LogP contribution in [0, 0.1) is 11.7 Å². The first kappa shape index (κ1) is 13.1. The predicted octanol–water partition coefficient (Wildman–Crippen LogP) is 2.52. The fourth-order valence-corrected chi connectivity index (χ4v) is 1.27. The molecule has 0 heterocycles. The van der Waals surface area contributed by atoms with Crippen LogP contribution < -0.4 is 0 Å². The fourth-order valence-electron chi connectivity index (χ4n) is 1.27. The highest BCUT2D eigenvalue weighted by Gasteiger charge is 2.19. The van der Waals surface area contributed by atoms with Gasteiger partial charge in [0.15, 0.2) is 5.78 Å². The molecule has 0 aliphatic heterocycles. The van der Waals surface area contributed by atoms with Crippen molar-refractivity contribution in [1.29, 1.82) is 0 Å². The number of rotatable bonds is 4. The van der Waals surface area contributed by atoms with E-state index in [1.54, 1.807) is 13.8 Å². The first-order valence-corrected chi connectivity index (χ1v) is 5.16. The van der Waals surface area contributed by atoms with Crippen LogP contribution in [0.25, 0.3) is 6.08 Å². The smallest absolute Gasteiger partial charge is 0.339 e. The lowest BCUT2D eigenvalue weighted by molar-refractivity contribution is -0.135. The van der Waals surface area contributed by atoms with E-state index in [0.29, 0.717) is 5.56 Å². The van der Waals surface area contributed by atoms with Crippen molar-refractivity contribution in [2.45, 2.75) is 13.8 Å². The third-order valence-electron chi connectivity index (χ3n) is 2.20. The average molecular weight is 236 g/mol. The summed E-state index contributed by atoms with van der Waals surface area (Å²) in [5, 5.41) is 8.95. The van der Waals surface area contributed by atoms with E-state index < -0.39 is 23.5 Å². The molecule has 0 saturated carbocycles. The van der Waals surface area contributed by atoms with E-state index in [1.165, 1.54) is 30.3 Å². The number of aliphatic carboxylic acids is 1. The van der Waals surface area contributed by atoms with E-state index >= 15 is 0 Å². The second-order valence-electron chi connectivity index (χ2n) is 3.93. The lowest BCUT2D eigenvalue weighted by atomic mass is 9.99. The molecular weight excluding hydrogens is 223 g/mol. The van der Waals surface area contributed by atoms with Gasteiger partial charge in [-0.1, -0.05) is 26.0 Å². The van der Waals surface area contributed by atoms with Crippen molar-refractivity contribution >= 4 is 17.8 Å². The van der Waals surface area contributed by atoms with Gasteiger partial charge in [-0.25, -0.2) is 9.18 Å². The molecule has 0 saturated heterocycles. The van der Waals surface area contributed by atoms with Crippen LogP contribution in [0.1, 0.15) is 19.4 Å². The number of hydrogen-bond acceptors (Lipinski definition) is 2. The van der Waals surface area contributed by atoms with Gasteiger partial charge in [-0.05, 0) is 23.8 Å². The number of Topliss-reactive ketones (excluding diaryl/α,β-unsaturated/α-hetero) is 1. The molecule has 3 nitrogen and oxygen atoms in total. The van der Waals surface area contributed by atoms with E-state index in [1.807, 2.05) is 0 Å². The summed E-state index contributed by atoms with van der Waals surface area (Å²) in [5.41, 5.74) is 0.199. The Kier molecular flexibility index (Phi) is 4.15. The Bertz CT molecular complexity index is 458. The summed E-state index contributed by atoms with van der Waals surface area (Å²) < 4.78 is 12.7. The maximum atomic E-state index is 12.7. The number of carbonyl (C=O) groups is 2. The van der Waals surface area contributed by atoms with Crippen LogP contribution in [-0.4, -0.2) is 16.9 Å². The Balaban J connectivity index is 3.11. The maximum absolute atomic E-state index is 12.7. The van der Waals surface area contributed by atoms with Gasteiger partial charge in [-0.2, -0.15) is 0 Å². The number of halogens is 1. The monoisotopic (exact) mass is 236 g/mol. The molecule has 0 aliphatic carbocycles. The SMILES string of the molecule is CC(C)C(=O)C(=Cc1ccc(F)cc1)C(=O)O. The number of benzene rings is 1. The van der Waals surface area contributed by atoms with Crippen LogP contribution in [0.5, 0.6) is 0 Å². The molecule has 0 fully saturated rings. The lowest BCUT2D eigenvalue weighted by Crippen LogP contribution is -2.17. The largest absolute Gasteiger partial charge is 0.478 e. The molecule has 1 aromatic rings. The van der Waals surface area contributed by atoms with Gasteiger partial charge in [0.05, 0.1) is 0 Å². The van der Waals surface area contributed by atoms with E-state index in [2.05, 4.69) is 0 Å². The van der Waals surface area contributed by atoms with Crippen molar-refractivity contribution in [3.05, 3.63) is 41.2 Å². The van der Waals surface area contributed by atoms with Crippen molar-refractivity contribution in [2.75, 3.05) is 0 Å². The third kappa shape index (κ3) is 3.52. The molecule has 0 amide bonds. The van der Waals surface area contributed by atoms with Gasteiger partial charge in [0.2, 0.25) is 0 Å². The molecule has 0 spiro atoms. The Hall–Kier alpha value is -1.97. The summed E-state index contributed by atoms with van der Waals surface area (Å²) in [5.74, 6) is -2.51. The molecule has 0 radical (unpaired) electrons. The van der Waals surface area contributed by atoms with Gasteiger partial charge in [0.25, 0.3) is 0 Å². The summed E-state index contributed by atoms with van der Waals surface area (Å²) in [4.78, 5) is 22.6. The van der Waals surface area contributed by atoms with Gasteiger partial charge in [-0.3, -0.25) is 4.79 Å². The van der Waals surface area contributed by atoms with Crippen molar-refractivity contribution in [3.63, 3.8) is 0 Å². The molecule has 90 valence electrons. The van der Waals surface area contributed by atoms with E-state index in [4.69, 9.17) is 5.11 Å². The summed E-state index contributed by atoms with van der Waals surface area (Å²) >= 11 is 0. The molecule has 0 bridgehead atoms. The second-order valence-corrected chi connectivity index (χ2v) is 3.93. The molecule has 1 N–H and O–H groups in total. The van der Waals surface area contributed by atoms with Crippen LogP contribution in [0.15, 0.2) is 29.8 Å². The van der Waals surface area contributed by atoms with E-state index in [-0.39, 0.29) is 5.57 Å². The molecule has 4 heteroatoms. The number of carbonyl (C=O) groups excluding carboxylic acids is 1. The second kappa shape index (κ2) is 5.39. The molecule has 0 aromatic heterocycles. The Morgan fingerprint density at radius 3 is 2.18 bits per heavy atom. The summed E-state index contributed by atoms with van der Waals surface area (Å²) in [6, 6.07) is 5.27. The van der Waals surface area contributed by atoms with Crippen molar-refractivity contribution in [3.8, 4) is 0 Å². The highest BCUT2D eigenvalue weighted by atomic mass is 19.1. The Morgan fingerprint density at radius 2 is 1.76 bits per heavy atom. The summed E-state index contributed by atoms with van der Waals surface area (Å²) in [7, 11) is 0. The van der Waals surface area contributed by atoms with Gasteiger partial charge < -0.3 is 5.11 Å². The zero-order valence-corrected chi connectivity index (χ0v) is 9.61. The Labute approximate surface area is 98.6 Å². The van der Waals surface area contributed by atoms with E-state index in [9.17, 15) is 14.0 Å². The zero-order valence-electron chi connectivity index (χ0n) is 9.61. The number of hydrogen-bond donors (Lipinski definition) is 1. The van der Waals surface area contributed by atoms with Gasteiger partial charge in [-0.15, -0.1) is 0 Å². The van der Waals surface area contributed by atoms with Crippen LogP contribution in [0.2, 0.25) is 0 Å². The maximum Gasteiger partial charge on any atom is 0.339 e. The minimum atomic E-state index is -1.27. The predicted molar refractivity (Wildman–Crippen MR) is 61.9 cm³/mol. The Morgan fingerprint density at radius 1 is 1.24 bits per heavy atom. The standard InChI is InChI=1S/C13H13FO3/c1-8(2)12(15)11(13(16)17)7-9-3-5-10(14)6-4-9/h3-8H,1-2H3,(H,16,17). The first-order chi connectivity index (χ1) is 7.91. The molecule has 0 atom stereocenters. The first-order valence-electron chi connectivity index (χ1n) is 5.16. The minimum absolute atomic E-state index is 0.286. The van der Waals surface area contributed by atoms with Crippen molar-refractivity contribution < 1.29 is 19.1 Å². The molecule has 1 aromatic carbocycles. The third-order valence-corrected chi connectivity index (χ3v) is 2.20. The van der Waals surface area contributed by atoms with Crippen LogP contribution in [0.4, 0.5) is 4.39 Å². The highest BCUT2D eigenvalue weighted by Crippen LogP contribution is 2.13. The quantitative estimate of drug-likeness (QED) is 0.496. The van der Waals surface area contributed by atoms with Gasteiger partial charge in [0, 0.05) is 5.92 Å². The summed E-state index contributed by atoms with van der Waals surface area (Å²) in [6.45, 7) is 3.26. The minimum Gasteiger partial charge on any atom is -0.478 e. The van der Waals surface area contributed by atoms with Crippen LogP contribution >= 0.6 is 0 Å². The summed E-state index contributed by atoms with van der Waals surface area (Å²) in [6.07, 6.45) is 1.25. The molecule has 0 aliphatic rings. The topological polar surface area (TPSA) is 54.4 Å². The zero-order chi connectivity index (χ0) is 13.0. The van der Waals surface area contributed by atoms with Crippen molar-refractivity contribution in [1.82, 2.24) is 0 Å². The number of ketones is 1. The molecular formula is C13H13FO3. The highest BCUT2D eigenvalue weighted by molar-refractivity contribution is 6.20. The number of carboxylic acid groups (broad SMARTS) is 1. The van der Waals surface area contributed by atoms with Crippen LogP contribution in [0.3, 0.4) is 0 Å².